The largest absolute Gasteiger partial charge is 0.447 e. The minimum absolute atomic E-state index is 0.0287. The second-order valence-electron chi connectivity index (χ2n) is 9.02. The fourth-order valence-corrected chi connectivity index (χ4v) is 4.71. The van der Waals surface area contributed by atoms with E-state index in [-0.39, 0.29) is 18.0 Å². The van der Waals surface area contributed by atoms with Crippen molar-refractivity contribution in [1.29, 1.82) is 0 Å². The molecule has 1 atom stereocenters. The van der Waals surface area contributed by atoms with Gasteiger partial charge in [0.05, 0.1) is 6.04 Å². The molecule has 32 heavy (non-hydrogen) atoms. The summed E-state index contributed by atoms with van der Waals surface area (Å²) in [5.41, 5.74) is 3.99. The Kier molecular flexibility index (Phi) is 5.49. The molecule has 2 amide bonds. The van der Waals surface area contributed by atoms with Crippen LogP contribution in [0, 0.1) is 6.92 Å². The fraction of sp³-hybridized carbons (Fsp3) is 0.480. The summed E-state index contributed by atoms with van der Waals surface area (Å²) in [4.78, 5) is 35.7. The second-order valence-corrected chi connectivity index (χ2v) is 9.02. The average molecular weight is 435 g/mol. The van der Waals surface area contributed by atoms with E-state index < -0.39 is 0 Å². The van der Waals surface area contributed by atoms with Crippen LogP contribution in [0.2, 0.25) is 0 Å². The molecule has 2 aromatic rings. The molecule has 2 aliphatic heterocycles. The molecule has 7 nitrogen and oxygen atoms in total. The number of carbonyl (C=O) groups excluding carboxylic acids is 2. The number of hydrogen-bond acceptors (Lipinski definition) is 5. The third-order valence-corrected chi connectivity index (χ3v) is 6.81. The molecule has 2 saturated heterocycles. The minimum Gasteiger partial charge on any atom is -0.447 e. The number of aryl methyl sites for hydroxylation is 1. The zero-order valence-electron chi connectivity index (χ0n) is 18.8. The summed E-state index contributed by atoms with van der Waals surface area (Å²) >= 11 is 0. The zero-order chi connectivity index (χ0) is 22.2. The maximum absolute atomic E-state index is 13.0. The summed E-state index contributed by atoms with van der Waals surface area (Å²) < 4.78 is 5.17. The molecule has 168 valence electrons. The van der Waals surface area contributed by atoms with E-state index in [9.17, 15) is 9.59 Å². The number of hydrogen-bond donors (Lipinski definition) is 0. The van der Waals surface area contributed by atoms with E-state index in [0.717, 1.165) is 31.0 Å². The summed E-state index contributed by atoms with van der Waals surface area (Å²) in [5, 5.41) is 0. The van der Waals surface area contributed by atoms with Gasteiger partial charge in [0.2, 0.25) is 0 Å². The van der Waals surface area contributed by atoms with Gasteiger partial charge < -0.3 is 14.5 Å². The van der Waals surface area contributed by atoms with Crippen molar-refractivity contribution in [3.63, 3.8) is 0 Å². The highest BCUT2D eigenvalue weighted by Crippen LogP contribution is 2.40. The maximum Gasteiger partial charge on any atom is 0.414 e. The molecule has 0 radical (unpaired) electrons. The molecule has 5 rings (SSSR count). The number of amides is 2. The van der Waals surface area contributed by atoms with Gasteiger partial charge in [0.25, 0.3) is 5.91 Å². The first-order chi connectivity index (χ1) is 15.5. The van der Waals surface area contributed by atoms with Crippen LogP contribution in [0.5, 0.6) is 0 Å². The highest BCUT2D eigenvalue weighted by molar-refractivity contribution is 5.96. The molecule has 3 heterocycles. The molecule has 1 aromatic heterocycles. The smallest absolute Gasteiger partial charge is 0.414 e. The predicted molar refractivity (Wildman–Crippen MR) is 123 cm³/mol. The molecule has 0 N–H and O–H groups in total. The average Bonchev–Trinajstić information content (AvgIpc) is 3.61. The Hall–Kier alpha value is -3.09. The van der Waals surface area contributed by atoms with E-state index >= 15 is 0 Å². The van der Waals surface area contributed by atoms with Gasteiger partial charge in [-0.3, -0.25) is 9.69 Å². The summed E-state index contributed by atoms with van der Waals surface area (Å²) in [6.07, 6.45) is 5.10. The van der Waals surface area contributed by atoms with Gasteiger partial charge in [-0.25, -0.2) is 9.78 Å². The number of benzene rings is 1. The van der Waals surface area contributed by atoms with Crippen molar-refractivity contribution in [3.05, 3.63) is 53.2 Å². The number of anilines is 2. The minimum atomic E-state index is -0.318. The fourth-order valence-electron chi connectivity index (χ4n) is 4.71. The Morgan fingerprint density at radius 3 is 2.47 bits per heavy atom. The number of rotatable bonds is 5. The van der Waals surface area contributed by atoms with Gasteiger partial charge in [-0.1, -0.05) is 13.0 Å². The van der Waals surface area contributed by atoms with Crippen LogP contribution in [-0.4, -0.2) is 60.7 Å². The Morgan fingerprint density at radius 2 is 1.84 bits per heavy atom. The molecular weight excluding hydrogens is 404 g/mol. The number of cyclic esters (lactones) is 1. The van der Waals surface area contributed by atoms with Crippen molar-refractivity contribution in [1.82, 2.24) is 9.88 Å². The monoisotopic (exact) mass is 434 g/mol. The lowest BCUT2D eigenvalue weighted by atomic mass is 10.1. The van der Waals surface area contributed by atoms with Crippen LogP contribution in [0.25, 0.3) is 0 Å². The Labute approximate surface area is 189 Å². The third kappa shape index (κ3) is 3.92. The number of ether oxygens (including phenoxy) is 1. The molecule has 1 aromatic carbocycles. The van der Waals surface area contributed by atoms with Gasteiger partial charge >= 0.3 is 6.09 Å². The van der Waals surface area contributed by atoms with Crippen LogP contribution in [0.3, 0.4) is 0 Å². The van der Waals surface area contributed by atoms with Gasteiger partial charge in [0, 0.05) is 43.6 Å². The third-order valence-electron chi connectivity index (χ3n) is 6.81. The number of piperazine rings is 1. The number of pyridine rings is 1. The van der Waals surface area contributed by atoms with Crippen molar-refractivity contribution in [2.75, 3.05) is 42.6 Å². The molecule has 1 saturated carbocycles. The van der Waals surface area contributed by atoms with E-state index in [2.05, 4.69) is 17.9 Å². The zero-order valence-corrected chi connectivity index (χ0v) is 18.8. The quantitative estimate of drug-likeness (QED) is 0.713. The maximum atomic E-state index is 13.0. The van der Waals surface area contributed by atoms with Crippen molar-refractivity contribution >= 4 is 23.5 Å². The molecular formula is C25H30N4O3. The molecule has 0 bridgehead atoms. The predicted octanol–water partition coefficient (Wildman–Crippen LogP) is 3.97. The van der Waals surface area contributed by atoms with Gasteiger partial charge in [-0.2, -0.15) is 0 Å². The van der Waals surface area contributed by atoms with Crippen LogP contribution < -0.4 is 9.80 Å². The van der Waals surface area contributed by atoms with E-state index in [0.29, 0.717) is 31.2 Å². The molecule has 1 unspecified atom stereocenters. The molecule has 3 fully saturated rings. The summed E-state index contributed by atoms with van der Waals surface area (Å²) in [6.45, 7) is 7.47. The first-order valence-electron chi connectivity index (χ1n) is 11.6. The highest BCUT2D eigenvalue weighted by atomic mass is 16.6. The van der Waals surface area contributed by atoms with Crippen LogP contribution in [-0.2, 0) is 4.74 Å². The first kappa shape index (κ1) is 20.8. The number of carbonyl (C=O) groups is 2. The summed E-state index contributed by atoms with van der Waals surface area (Å²) in [5.74, 6) is 1.77. The molecule has 7 heteroatoms. The highest BCUT2D eigenvalue weighted by Gasteiger charge is 2.33. The second kappa shape index (κ2) is 8.45. The van der Waals surface area contributed by atoms with Crippen LogP contribution >= 0.6 is 0 Å². The first-order valence-corrected chi connectivity index (χ1v) is 11.6. The van der Waals surface area contributed by atoms with Crippen molar-refractivity contribution in [3.8, 4) is 0 Å². The lowest BCUT2D eigenvalue weighted by Gasteiger charge is -2.36. The molecule has 1 aliphatic carbocycles. The van der Waals surface area contributed by atoms with E-state index in [4.69, 9.17) is 9.72 Å². The SMILES string of the molecule is CCC1COC(=O)N1c1ccc(C(=O)N2CCN(c3ncc(C4CC4)cc3C)CC2)cc1. The summed E-state index contributed by atoms with van der Waals surface area (Å²) in [6, 6.07) is 9.63. The van der Waals surface area contributed by atoms with Gasteiger partial charge in [-0.05, 0) is 67.5 Å². The van der Waals surface area contributed by atoms with E-state index in [1.165, 1.54) is 24.0 Å². The van der Waals surface area contributed by atoms with Crippen molar-refractivity contribution < 1.29 is 14.3 Å². The topological polar surface area (TPSA) is 66.0 Å². The van der Waals surface area contributed by atoms with Crippen LogP contribution in [0.1, 0.15) is 53.6 Å². The van der Waals surface area contributed by atoms with Gasteiger partial charge in [0.1, 0.15) is 12.4 Å². The number of aromatic nitrogens is 1. The lowest BCUT2D eigenvalue weighted by Crippen LogP contribution is -2.49. The van der Waals surface area contributed by atoms with E-state index in [1.807, 2.05) is 42.3 Å². The Bertz CT molecular complexity index is 1010. The molecule has 3 aliphatic rings. The van der Waals surface area contributed by atoms with Gasteiger partial charge in [-0.15, -0.1) is 0 Å². The van der Waals surface area contributed by atoms with E-state index in [1.54, 1.807) is 4.90 Å². The van der Waals surface area contributed by atoms with Gasteiger partial charge in [0.15, 0.2) is 0 Å². The Morgan fingerprint density at radius 1 is 1.12 bits per heavy atom. The molecule has 0 spiro atoms. The lowest BCUT2D eigenvalue weighted by molar-refractivity contribution is 0.0746. The standard InChI is InChI=1S/C25H30N4O3/c1-3-21-16-32-25(31)29(21)22-8-6-19(7-9-22)24(30)28-12-10-27(11-13-28)23-17(2)14-20(15-26-23)18-4-5-18/h6-9,14-15,18,21H,3-5,10-13,16H2,1-2H3. The van der Waals surface area contributed by atoms with Crippen molar-refractivity contribution in [2.45, 2.75) is 45.1 Å². The Balaban J connectivity index is 1.21. The van der Waals surface area contributed by atoms with Crippen LogP contribution in [0.15, 0.2) is 36.5 Å². The van der Waals surface area contributed by atoms with Crippen LogP contribution in [0.4, 0.5) is 16.3 Å². The normalized spacial score (nSPS) is 21.1. The number of nitrogens with zero attached hydrogens (tertiary/aromatic N) is 4. The summed E-state index contributed by atoms with van der Waals surface area (Å²) in [7, 11) is 0. The van der Waals surface area contributed by atoms with Crippen molar-refractivity contribution in [2.24, 2.45) is 0 Å².